The van der Waals surface area contributed by atoms with Gasteiger partial charge in [-0.25, -0.2) is 0 Å². The molecule has 1 atom stereocenters. The van der Waals surface area contributed by atoms with Crippen LogP contribution >= 0.6 is 0 Å². The molecule has 0 aromatic heterocycles. The smallest absolute Gasteiger partial charge is 0.0865 e. The molecule has 1 fully saturated rings. The lowest BCUT2D eigenvalue weighted by Crippen LogP contribution is -2.27. The minimum Gasteiger partial charge on any atom is -0.378 e. The van der Waals surface area contributed by atoms with Crippen molar-refractivity contribution in [2.45, 2.75) is 32.3 Å². The van der Waals surface area contributed by atoms with Gasteiger partial charge in [0.1, 0.15) is 0 Å². The fraction of sp³-hybridized carbons (Fsp3) is 0.900. The molecule has 13 heavy (non-hydrogen) atoms. The Hall–Kier alpha value is -0.590. The van der Waals surface area contributed by atoms with Crippen molar-refractivity contribution in [2.75, 3.05) is 26.2 Å². The first-order valence-corrected chi connectivity index (χ1v) is 5.07. The standard InChI is InChI=1S/C10H18N2O/c1-2-12(8-6-11)7-5-10-4-3-9-13-10/h10H,2-5,7-9H2,1H3. The van der Waals surface area contributed by atoms with Gasteiger partial charge >= 0.3 is 0 Å². The van der Waals surface area contributed by atoms with Gasteiger partial charge in [-0.05, 0) is 25.8 Å². The Morgan fingerprint density at radius 3 is 3.00 bits per heavy atom. The molecule has 1 rings (SSSR count). The SMILES string of the molecule is CCN(CC#N)CCC1CCCO1. The molecule has 0 aromatic carbocycles. The van der Waals surface area contributed by atoms with Crippen molar-refractivity contribution in [3.63, 3.8) is 0 Å². The van der Waals surface area contributed by atoms with Gasteiger partial charge in [0, 0.05) is 13.2 Å². The molecule has 0 radical (unpaired) electrons. The molecule has 1 heterocycles. The molecule has 1 unspecified atom stereocenters. The van der Waals surface area contributed by atoms with Crippen LogP contribution in [0.1, 0.15) is 26.2 Å². The van der Waals surface area contributed by atoms with E-state index in [0.29, 0.717) is 12.6 Å². The fourth-order valence-electron chi connectivity index (χ4n) is 1.65. The van der Waals surface area contributed by atoms with Crippen molar-refractivity contribution in [1.29, 1.82) is 5.26 Å². The molecule has 0 aliphatic carbocycles. The normalized spacial score (nSPS) is 22.1. The molecular formula is C10H18N2O. The summed E-state index contributed by atoms with van der Waals surface area (Å²) in [7, 11) is 0. The molecule has 0 saturated carbocycles. The first-order chi connectivity index (χ1) is 6.36. The fourth-order valence-corrected chi connectivity index (χ4v) is 1.65. The molecular weight excluding hydrogens is 164 g/mol. The Morgan fingerprint density at radius 2 is 2.46 bits per heavy atom. The van der Waals surface area contributed by atoms with Gasteiger partial charge in [0.2, 0.25) is 0 Å². The second-order valence-corrected chi connectivity index (χ2v) is 3.45. The van der Waals surface area contributed by atoms with Crippen molar-refractivity contribution in [3.8, 4) is 6.07 Å². The van der Waals surface area contributed by atoms with Crippen LogP contribution in [0.4, 0.5) is 0 Å². The highest BCUT2D eigenvalue weighted by atomic mass is 16.5. The largest absolute Gasteiger partial charge is 0.378 e. The van der Waals surface area contributed by atoms with Gasteiger partial charge in [-0.2, -0.15) is 5.26 Å². The van der Waals surface area contributed by atoms with Crippen molar-refractivity contribution >= 4 is 0 Å². The first-order valence-electron chi connectivity index (χ1n) is 5.07. The Labute approximate surface area is 80.3 Å². The van der Waals surface area contributed by atoms with Crippen LogP contribution in [-0.2, 0) is 4.74 Å². The number of rotatable bonds is 5. The maximum Gasteiger partial charge on any atom is 0.0865 e. The monoisotopic (exact) mass is 182 g/mol. The van der Waals surface area contributed by atoms with Crippen molar-refractivity contribution in [1.82, 2.24) is 4.90 Å². The van der Waals surface area contributed by atoms with Gasteiger partial charge in [0.25, 0.3) is 0 Å². The van der Waals surface area contributed by atoms with Crippen LogP contribution in [0.5, 0.6) is 0 Å². The summed E-state index contributed by atoms with van der Waals surface area (Å²) in [5.41, 5.74) is 0. The van der Waals surface area contributed by atoms with Crippen LogP contribution in [0.3, 0.4) is 0 Å². The van der Waals surface area contributed by atoms with Gasteiger partial charge in [-0.3, -0.25) is 4.90 Å². The Kier molecular flexibility index (Phi) is 4.81. The van der Waals surface area contributed by atoms with E-state index in [2.05, 4.69) is 17.9 Å². The average Bonchev–Trinajstić information content (AvgIpc) is 2.64. The second-order valence-electron chi connectivity index (χ2n) is 3.45. The Balaban J connectivity index is 2.11. The quantitative estimate of drug-likeness (QED) is 0.603. The lowest BCUT2D eigenvalue weighted by molar-refractivity contribution is 0.0943. The number of nitriles is 1. The molecule has 1 aliphatic heterocycles. The summed E-state index contributed by atoms with van der Waals surface area (Å²) in [6, 6.07) is 2.18. The third-order valence-corrected chi connectivity index (χ3v) is 2.53. The van der Waals surface area contributed by atoms with Crippen LogP contribution < -0.4 is 0 Å². The first kappa shape index (κ1) is 10.5. The van der Waals surface area contributed by atoms with Gasteiger partial charge in [0.05, 0.1) is 18.7 Å². The molecule has 74 valence electrons. The molecule has 1 saturated heterocycles. The maximum atomic E-state index is 8.54. The highest BCUT2D eigenvalue weighted by Gasteiger charge is 2.15. The predicted octanol–water partition coefficient (Wildman–Crippen LogP) is 1.40. The van der Waals surface area contributed by atoms with Crippen LogP contribution in [0.2, 0.25) is 0 Å². The number of hydrogen-bond acceptors (Lipinski definition) is 3. The molecule has 1 aliphatic rings. The van der Waals surface area contributed by atoms with E-state index in [4.69, 9.17) is 10.00 Å². The van der Waals surface area contributed by atoms with Gasteiger partial charge in [0.15, 0.2) is 0 Å². The number of hydrogen-bond donors (Lipinski definition) is 0. The summed E-state index contributed by atoms with van der Waals surface area (Å²) in [6.07, 6.45) is 3.93. The average molecular weight is 182 g/mol. The minimum atomic E-state index is 0.452. The van der Waals surface area contributed by atoms with E-state index < -0.39 is 0 Å². The topological polar surface area (TPSA) is 36.3 Å². The molecule has 0 spiro atoms. The zero-order valence-corrected chi connectivity index (χ0v) is 8.33. The second kappa shape index (κ2) is 5.95. The molecule has 0 aromatic rings. The lowest BCUT2D eigenvalue weighted by atomic mass is 10.2. The van der Waals surface area contributed by atoms with Gasteiger partial charge in [-0.15, -0.1) is 0 Å². The summed E-state index contributed by atoms with van der Waals surface area (Å²) in [5, 5.41) is 8.54. The van der Waals surface area contributed by atoms with E-state index >= 15 is 0 Å². The summed E-state index contributed by atoms with van der Waals surface area (Å²) < 4.78 is 5.52. The van der Waals surface area contributed by atoms with Crippen LogP contribution in [0.25, 0.3) is 0 Å². The third kappa shape index (κ3) is 3.75. The third-order valence-electron chi connectivity index (χ3n) is 2.53. The van der Waals surface area contributed by atoms with E-state index in [-0.39, 0.29) is 0 Å². The predicted molar refractivity (Wildman–Crippen MR) is 51.3 cm³/mol. The maximum absolute atomic E-state index is 8.54. The summed E-state index contributed by atoms with van der Waals surface area (Å²) in [5.74, 6) is 0. The Bertz CT molecular complexity index is 170. The van der Waals surface area contributed by atoms with Crippen molar-refractivity contribution in [2.24, 2.45) is 0 Å². The number of nitrogens with zero attached hydrogens (tertiary/aromatic N) is 2. The van der Waals surface area contributed by atoms with Crippen LogP contribution in [0, 0.1) is 11.3 Å². The van der Waals surface area contributed by atoms with Gasteiger partial charge in [-0.1, -0.05) is 6.92 Å². The Morgan fingerprint density at radius 1 is 1.62 bits per heavy atom. The zero-order chi connectivity index (χ0) is 9.52. The van der Waals surface area contributed by atoms with E-state index in [1.807, 2.05) is 0 Å². The molecule has 0 amide bonds. The molecule has 0 bridgehead atoms. The summed E-state index contributed by atoms with van der Waals surface area (Å²) in [4.78, 5) is 2.15. The highest BCUT2D eigenvalue weighted by Crippen LogP contribution is 2.15. The van der Waals surface area contributed by atoms with Gasteiger partial charge < -0.3 is 4.74 Å². The van der Waals surface area contributed by atoms with Crippen molar-refractivity contribution < 1.29 is 4.74 Å². The van der Waals surface area contributed by atoms with Crippen molar-refractivity contribution in [3.05, 3.63) is 0 Å². The van der Waals surface area contributed by atoms with E-state index in [0.717, 1.165) is 26.1 Å². The number of ether oxygens (including phenoxy) is 1. The van der Waals surface area contributed by atoms with E-state index in [1.165, 1.54) is 12.8 Å². The summed E-state index contributed by atoms with van der Waals surface area (Å²) >= 11 is 0. The molecule has 3 nitrogen and oxygen atoms in total. The van der Waals surface area contributed by atoms with Crippen LogP contribution in [-0.4, -0.2) is 37.2 Å². The van der Waals surface area contributed by atoms with E-state index in [1.54, 1.807) is 0 Å². The van der Waals surface area contributed by atoms with E-state index in [9.17, 15) is 0 Å². The molecule has 0 N–H and O–H groups in total. The lowest BCUT2D eigenvalue weighted by Gasteiger charge is -2.18. The molecule has 3 heteroatoms. The zero-order valence-electron chi connectivity index (χ0n) is 8.33. The minimum absolute atomic E-state index is 0.452. The summed E-state index contributed by atoms with van der Waals surface area (Å²) in [6.45, 7) is 5.51. The highest BCUT2D eigenvalue weighted by molar-refractivity contribution is 4.77. The van der Waals surface area contributed by atoms with Crippen LogP contribution in [0.15, 0.2) is 0 Å².